The highest BCUT2D eigenvalue weighted by Gasteiger charge is 2.31. The largest absolute Gasteiger partial charge is 0.454 e. The van der Waals surface area contributed by atoms with Gasteiger partial charge in [0.1, 0.15) is 12.6 Å². The maximum atomic E-state index is 13.7. The number of amides is 2. The lowest BCUT2D eigenvalue weighted by Crippen LogP contribution is -2.51. The molecule has 0 bridgehead atoms. The fraction of sp³-hybridized carbons (Fsp3) is 0.462. The van der Waals surface area contributed by atoms with Crippen LogP contribution in [0.4, 0.5) is 5.69 Å². The molecule has 2 aromatic carbocycles. The first-order valence-electron chi connectivity index (χ1n) is 12.2. The van der Waals surface area contributed by atoms with E-state index in [-0.39, 0.29) is 25.0 Å². The number of carbonyl (C=O) groups is 2. The molecule has 0 saturated heterocycles. The second-order valence-electron chi connectivity index (χ2n) is 8.77. The van der Waals surface area contributed by atoms with Gasteiger partial charge < -0.3 is 19.7 Å². The Morgan fingerprint density at radius 3 is 2.42 bits per heavy atom. The molecule has 36 heavy (non-hydrogen) atoms. The summed E-state index contributed by atoms with van der Waals surface area (Å²) in [7, 11) is -3.81. The van der Waals surface area contributed by atoms with Gasteiger partial charge in [-0.05, 0) is 44.9 Å². The van der Waals surface area contributed by atoms with Crippen LogP contribution in [0.3, 0.4) is 0 Å². The molecule has 0 aliphatic carbocycles. The van der Waals surface area contributed by atoms with Crippen molar-refractivity contribution in [2.24, 2.45) is 0 Å². The number of ether oxygens (including phenoxy) is 2. The van der Waals surface area contributed by atoms with E-state index < -0.39 is 28.5 Å². The van der Waals surface area contributed by atoms with Crippen LogP contribution in [0.2, 0.25) is 0 Å². The van der Waals surface area contributed by atoms with Crippen LogP contribution in [0.15, 0.2) is 42.5 Å². The molecule has 0 saturated carbocycles. The minimum Gasteiger partial charge on any atom is -0.454 e. The number of hydrogen-bond acceptors (Lipinski definition) is 6. The number of aryl methyl sites for hydroxylation is 1. The van der Waals surface area contributed by atoms with E-state index in [2.05, 4.69) is 5.32 Å². The van der Waals surface area contributed by atoms with Gasteiger partial charge in [-0.1, -0.05) is 43.2 Å². The van der Waals surface area contributed by atoms with E-state index in [1.807, 2.05) is 38.1 Å². The van der Waals surface area contributed by atoms with Crippen molar-refractivity contribution in [2.75, 3.05) is 29.9 Å². The van der Waals surface area contributed by atoms with Crippen molar-refractivity contribution >= 4 is 27.5 Å². The van der Waals surface area contributed by atoms with Gasteiger partial charge in [0.2, 0.25) is 28.6 Å². The van der Waals surface area contributed by atoms with E-state index in [1.165, 1.54) is 11.8 Å². The van der Waals surface area contributed by atoms with Gasteiger partial charge in [-0.25, -0.2) is 8.42 Å². The summed E-state index contributed by atoms with van der Waals surface area (Å²) in [6, 6.07) is 11.6. The number of hydrogen-bond donors (Lipinski definition) is 1. The molecule has 0 unspecified atom stereocenters. The summed E-state index contributed by atoms with van der Waals surface area (Å²) in [6.07, 6.45) is 1.76. The number of unbranched alkanes of at least 4 members (excludes halogenated alkanes) is 1. The Morgan fingerprint density at radius 2 is 1.75 bits per heavy atom. The number of fused-ring (bicyclic) bond motifs is 1. The molecule has 2 aromatic rings. The van der Waals surface area contributed by atoms with E-state index in [0.717, 1.165) is 28.3 Å². The van der Waals surface area contributed by atoms with Gasteiger partial charge >= 0.3 is 0 Å². The summed E-state index contributed by atoms with van der Waals surface area (Å²) in [5, 5.41) is 2.87. The summed E-state index contributed by atoms with van der Waals surface area (Å²) < 4.78 is 37.9. The number of nitrogens with zero attached hydrogens (tertiary/aromatic N) is 2. The maximum absolute atomic E-state index is 13.7. The lowest BCUT2D eigenvalue weighted by molar-refractivity contribution is -0.139. The maximum Gasteiger partial charge on any atom is 0.244 e. The Hall–Kier alpha value is -3.27. The fourth-order valence-electron chi connectivity index (χ4n) is 3.77. The van der Waals surface area contributed by atoms with Crippen molar-refractivity contribution in [2.45, 2.75) is 53.1 Å². The Labute approximate surface area is 213 Å². The van der Waals surface area contributed by atoms with E-state index in [0.29, 0.717) is 23.7 Å². The summed E-state index contributed by atoms with van der Waals surface area (Å²) in [5.74, 6) is -0.0336. The van der Waals surface area contributed by atoms with E-state index in [9.17, 15) is 18.0 Å². The third kappa shape index (κ3) is 6.69. The zero-order valence-electron chi connectivity index (χ0n) is 21.3. The normalized spacial score (nSPS) is 13.2. The monoisotopic (exact) mass is 517 g/mol. The molecule has 0 radical (unpaired) electrons. The smallest absolute Gasteiger partial charge is 0.244 e. The molecule has 9 nitrogen and oxygen atoms in total. The van der Waals surface area contributed by atoms with Crippen molar-refractivity contribution in [3.63, 3.8) is 0 Å². The predicted molar refractivity (Wildman–Crippen MR) is 138 cm³/mol. The molecule has 1 aliphatic heterocycles. The third-order valence-electron chi connectivity index (χ3n) is 6.09. The molecular weight excluding hydrogens is 482 g/mol. The lowest BCUT2D eigenvalue weighted by Gasteiger charge is -2.32. The molecule has 1 heterocycles. The van der Waals surface area contributed by atoms with Crippen LogP contribution in [0, 0.1) is 6.92 Å². The summed E-state index contributed by atoms with van der Waals surface area (Å²) >= 11 is 0. The minimum absolute atomic E-state index is 0.0488. The van der Waals surface area contributed by atoms with Gasteiger partial charge in [-0.2, -0.15) is 0 Å². The van der Waals surface area contributed by atoms with Crippen LogP contribution in [0.5, 0.6) is 11.5 Å². The topological polar surface area (TPSA) is 105 Å². The predicted octanol–water partition coefficient (Wildman–Crippen LogP) is 3.21. The van der Waals surface area contributed by atoms with E-state index in [4.69, 9.17) is 9.47 Å². The van der Waals surface area contributed by atoms with Crippen LogP contribution in [0.1, 0.15) is 44.7 Å². The molecule has 196 valence electrons. The number of rotatable bonds is 12. The van der Waals surface area contributed by atoms with Crippen LogP contribution in [-0.4, -0.2) is 56.8 Å². The quantitative estimate of drug-likeness (QED) is 0.434. The van der Waals surface area contributed by atoms with Crippen LogP contribution >= 0.6 is 0 Å². The zero-order chi connectivity index (χ0) is 26.3. The van der Waals surface area contributed by atoms with Gasteiger partial charge in [-0.3, -0.25) is 13.9 Å². The molecule has 1 N–H and O–H groups in total. The second kappa shape index (κ2) is 12.1. The highest BCUT2D eigenvalue weighted by Crippen LogP contribution is 2.36. The van der Waals surface area contributed by atoms with Gasteiger partial charge in [0.25, 0.3) is 0 Å². The fourth-order valence-corrected chi connectivity index (χ4v) is 4.82. The third-order valence-corrected chi connectivity index (χ3v) is 7.84. The van der Waals surface area contributed by atoms with Crippen LogP contribution in [-0.2, 0) is 26.2 Å². The van der Waals surface area contributed by atoms with Crippen molar-refractivity contribution < 1.29 is 27.5 Å². The second-order valence-corrected chi connectivity index (χ2v) is 11.0. The van der Waals surface area contributed by atoms with Gasteiger partial charge in [-0.15, -0.1) is 0 Å². The van der Waals surface area contributed by atoms with Gasteiger partial charge in [0.05, 0.1) is 11.4 Å². The Bertz CT molecular complexity index is 1170. The number of carbonyl (C=O) groups excluding carboxylic acids is 2. The van der Waals surface area contributed by atoms with E-state index >= 15 is 0 Å². The molecule has 0 aromatic heterocycles. The van der Waals surface area contributed by atoms with Crippen molar-refractivity contribution in [3.05, 3.63) is 53.6 Å². The van der Waals surface area contributed by atoms with Crippen LogP contribution in [0.25, 0.3) is 0 Å². The summed E-state index contributed by atoms with van der Waals surface area (Å²) in [6.45, 7) is 7.46. The number of benzene rings is 2. The standard InChI is InChI=1S/C26H35N3O6S/c1-5-7-14-27-26(31)20(4)28(16-21-10-8-19(3)9-11-21)25(30)17-29(36(32,33)6-2)22-12-13-23-24(15-22)35-18-34-23/h8-13,15,20H,5-7,14,16-18H2,1-4H3,(H,27,31)/t20-/m1/s1. The molecule has 2 amide bonds. The molecule has 0 fully saturated rings. The SMILES string of the molecule is CCCCNC(=O)[C@@H](C)N(Cc1ccc(C)cc1)C(=O)CN(c1ccc2c(c1)OCO2)S(=O)(=O)CC. The van der Waals surface area contributed by atoms with Crippen molar-refractivity contribution in [1.29, 1.82) is 0 Å². The lowest BCUT2D eigenvalue weighted by atomic mass is 10.1. The van der Waals surface area contributed by atoms with Crippen molar-refractivity contribution in [1.82, 2.24) is 10.2 Å². The van der Waals surface area contributed by atoms with Gasteiger partial charge in [0, 0.05) is 19.2 Å². The van der Waals surface area contributed by atoms with Crippen molar-refractivity contribution in [3.8, 4) is 11.5 Å². The first-order valence-corrected chi connectivity index (χ1v) is 13.8. The van der Waals surface area contributed by atoms with E-state index in [1.54, 1.807) is 25.1 Å². The minimum atomic E-state index is -3.81. The van der Waals surface area contributed by atoms with Crippen LogP contribution < -0.4 is 19.1 Å². The molecule has 3 rings (SSSR count). The average Bonchev–Trinajstić information content (AvgIpc) is 3.34. The first kappa shape index (κ1) is 27.3. The number of anilines is 1. The average molecular weight is 518 g/mol. The molecule has 0 spiro atoms. The highest BCUT2D eigenvalue weighted by molar-refractivity contribution is 7.92. The highest BCUT2D eigenvalue weighted by atomic mass is 32.2. The van der Waals surface area contributed by atoms with Gasteiger partial charge in [0.15, 0.2) is 11.5 Å². The Kier molecular flexibility index (Phi) is 9.19. The zero-order valence-corrected chi connectivity index (χ0v) is 22.1. The number of sulfonamides is 1. The number of nitrogens with one attached hydrogen (secondary N) is 1. The molecule has 1 atom stereocenters. The summed E-state index contributed by atoms with van der Waals surface area (Å²) in [4.78, 5) is 28.0. The Balaban J connectivity index is 1.90. The molecule has 10 heteroatoms. The first-order chi connectivity index (χ1) is 17.2. The summed E-state index contributed by atoms with van der Waals surface area (Å²) in [5.41, 5.74) is 2.21. The molecular formula is C26H35N3O6S. The Morgan fingerprint density at radius 1 is 1.06 bits per heavy atom. The molecule has 1 aliphatic rings.